The Kier molecular flexibility index (Phi) is 5.05. The molecule has 1 aromatic rings. The van der Waals surface area contributed by atoms with E-state index in [2.05, 4.69) is 45.0 Å². The maximum Gasteiger partial charge on any atom is 0.123 e. The molecular weight excluding hydrogens is 263 g/mol. The van der Waals surface area contributed by atoms with E-state index in [4.69, 9.17) is 0 Å². The van der Waals surface area contributed by atoms with Crippen LogP contribution in [0.25, 0.3) is 0 Å². The fourth-order valence-corrected chi connectivity index (χ4v) is 3.18. The predicted molar refractivity (Wildman–Crippen MR) is 86.8 cm³/mol. The summed E-state index contributed by atoms with van der Waals surface area (Å²) in [6.45, 7) is 10.2. The zero-order chi connectivity index (χ0) is 15.6. The van der Waals surface area contributed by atoms with Gasteiger partial charge in [-0.15, -0.1) is 0 Å². The molecule has 1 N–H and O–H groups in total. The van der Waals surface area contributed by atoms with Crippen LogP contribution in [0.15, 0.2) is 24.3 Å². The molecule has 0 radical (unpaired) electrons. The number of benzene rings is 1. The highest BCUT2D eigenvalue weighted by molar-refractivity contribution is 5.22. The van der Waals surface area contributed by atoms with Gasteiger partial charge in [-0.25, -0.2) is 4.39 Å². The Bertz CT molecular complexity index is 449. The summed E-state index contributed by atoms with van der Waals surface area (Å²) < 4.78 is 13.2. The number of nitrogens with zero attached hydrogens (tertiary/aromatic N) is 1. The van der Waals surface area contributed by atoms with Crippen molar-refractivity contribution in [3.05, 3.63) is 35.6 Å². The quantitative estimate of drug-likeness (QED) is 0.906. The van der Waals surface area contributed by atoms with Crippen molar-refractivity contribution in [2.75, 3.05) is 13.6 Å². The second-order valence-corrected chi connectivity index (χ2v) is 7.57. The number of rotatable bonds is 3. The third kappa shape index (κ3) is 4.27. The molecule has 1 saturated heterocycles. The summed E-state index contributed by atoms with van der Waals surface area (Å²) in [5.41, 5.74) is 1.28. The molecular formula is C18H29FN2. The molecule has 3 atom stereocenters. The van der Waals surface area contributed by atoms with E-state index in [1.165, 1.54) is 18.4 Å². The Labute approximate surface area is 128 Å². The van der Waals surface area contributed by atoms with Crippen LogP contribution in [0.3, 0.4) is 0 Å². The second-order valence-electron chi connectivity index (χ2n) is 7.57. The zero-order valence-corrected chi connectivity index (χ0v) is 14.0. The lowest BCUT2D eigenvalue weighted by atomic mass is 9.81. The summed E-state index contributed by atoms with van der Waals surface area (Å²) in [6.07, 6.45) is 2.35. The van der Waals surface area contributed by atoms with E-state index in [0.29, 0.717) is 12.1 Å². The van der Waals surface area contributed by atoms with Gasteiger partial charge in [0, 0.05) is 18.1 Å². The first-order valence-electron chi connectivity index (χ1n) is 7.99. The van der Waals surface area contributed by atoms with Crippen LogP contribution < -0.4 is 5.32 Å². The third-order valence-electron chi connectivity index (χ3n) is 4.68. The van der Waals surface area contributed by atoms with Crippen molar-refractivity contribution in [2.24, 2.45) is 5.41 Å². The van der Waals surface area contributed by atoms with Crippen molar-refractivity contribution >= 4 is 0 Å². The average molecular weight is 292 g/mol. The Morgan fingerprint density at radius 1 is 1.24 bits per heavy atom. The minimum Gasteiger partial charge on any atom is -0.307 e. The Hall–Kier alpha value is -0.930. The number of hydrogen-bond acceptors (Lipinski definition) is 2. The number of nitrogens with one attached hydrogen (secondary N) is 1. The normalized spacial score (nSPS) is 25.8. The maximum absolute atomic E-state index is 13.2. The Morgan fingerprint density at radius 2 is 1.86 bits per heavy atom. The van der Waals surface area contributed by atoms with Crippen molar-refractivity contribution in [3.8, 4) is 0 Å². The van der Waals surface area contributed by atoms with Gasteiger partial charge in [0.15, 0.2) is 0 Å². The van der Waals surface area contributed by atoms with E-state index in [-0.39, 0.29) is 17.3 Å². The minimum atomic E-state index is -0.167. The van der Waals surface area contributed by atoms with Gasteiger partial charge in [-0.1, -0.05) is 32.9 Å². The van der Waals surface area contributed by atoms with Crippen LogP contribution in [-0.4, -0.2) is 30.6 Å². The smallest absolute Gasteiger partial charge is 0.123 e. The molecule has 2 rings (SSSR count). The van der Waals surface area contributed by atoms with Gasteiger partial charge in [-0.3, -0.25) is 0 Å². The standard InChI is InChI=1S/C18H29FN2/c1-13-12-16(10-11-21(13)5)20-17(18(2,3)4)14-6-8-15(19)9-7-14/h6-9,13,16-17,20H,10-12H2,1-5H3. The van der Waals surface area contributed by atoms with Crippen LogP contribution in [0, 0.1) is 11.2 Å². The number of likely N-dealkylation sites (tertiary alicyclic amines) is 1. The largest absolute Gasteiger partial charge is 0.307 e. The first-order valence-corrected chi connectivity index (χ1v) is 7.99. The molecule has 1 heterocycles. The summed E-state index contributed by atoms with van der Waals surface area (Å²) in [5, 5.41) is 3.83. The fourth-order valence-electron chi connectivity index (χ4n) is 3.18. The summed E-state index contributed by atoms with van der Waals surface area (Å²) in [4.78, 5) is 2.42. The van der Waals surface area contributed by atoms with E-state index in [1.807, 2.05) is 12.1 Å². The molecule has 1 aliphatic rings. The maximum atomic E-state index is 13.2. The molecule has 1 aromatic carbocycles. The second kappa shape index (κ2) is 6.45. The highest BCUT2D eigenvalue weighted by Gasteiger charge is 2.31. The lowest BCUT2D eigenvalue weighted by Crippen LogP contribution is -2.48. The minimum absolute atomic E-state index is 0.102. The van der Waals surface area contributed by atoms with Gasteiger partial charge in [-0.2, -0.15) is 0 Å². The van der Waals surface area contributed by atoms with E-state index in [0.717, 1.165) is 6.54 Å². The van der Waals surface area contributed by atoms with Crippen LogP contribution in [0.1, 0.15) is 52.1 Å². The van der Waals surface area contributed by atoms with Crippen LogP contribution in [0.2, 0.25) is 0 Å². The highest BCUT2D eigenvalue weighted by atomic mass is 19.1. The summed E-state index contributed by atoms with van der Waals surface area (Å²) >= 11 is 0. The van der Waals surface area contributed by atoms with Gasteiger partial charge in [-0.05, 0) is 56.5 Å². The molecule has 0 bridgehead atoms. The van der Waals surface area contributed by atoms with Gasteiger partial charge in [0.1, 0.15) is 5.82 Å². The summed E-state index contributed by atoms with van der Waals surface area (Å²) in [7, 11) is 2.20. The van der Waals surface area contributed by atoms with Gasteiger partial charge in [0.05, 0.1) is 0 Å². The van der Waals surface area contributed by atoms with Crippen molar-refractivity contribution < 1.29 is 4.39 Å². The predicted octanol–water partition coefficient (Wildman–Crippen LogP) is 3.99. The third-order valence-corrected chi connectivity index (χ3v) is 4.68. The van der Waals surface area contributed by atoms with Gasteiger partial charge in [0.25, 0.3) is 0 Å². The molecule has 0 spiro atoms. The fraction of sp³-hybridized carbons (Fsp3) is 0.667. The molecule has 118 valence electrons. The van der Waals surface area contributed by atoms with Crippen LogP contribution in [0.5, 0.6) is 0 Å². The molecule has 2 nitrogen and oxygen atoms in total. The zero-order valence-electron chi connectivity index (χ0n) is 14.0. The molecule has 3 unspecified atom stereocenters. The Balaban J connectivity index is 2.12. The van der Waals surface area contributed by atoms with Gasteiger partial charge in [0.2, 0.25) is 0 Å². The lowest BCUT2D eigenvalue weighted by Gasteiger charge is -2.40. The van der Waals surface area contributed by atoms with E-state index in [1.54, 1.807) is 12.1 Å². The molecule has 0 aliphatic carbocycles. The van der Waals surface area contributed by atoms with E-state index < -0.39 is 0 Å². The van der Waals surface area contributed by atoms with Crippen LogP contribution >= 0.6 is 0 Å². The van der Waals surface area contributed by atoms with Crippen molar-refractivity contribution in [2.45, 2.75) is 58.7 Å². The van der Waals surface area contributed by atoms with Crippen LogP contribution in [-0.2, 0) is 0 Å². The lowest BCUT2D eigenvalue weighted by molar-refractivity contribution is 0.143. The molecule has 0 amide bonds. The average Bonchev–Trinajstić information content (AvgIpc) is 2.40. The van der Waals surface area contributed by atoms with Gasteiger partial charge < -0.3 is 10.2 Å². The molecule has 1 aliphatic heterocycles. The number of halogens is 1. The van der Waals surface area contributed by atoms with Crippen LogP contribution in [0.4, 0.5) is 4.39 Å². The molecule has 0 aromatic heterocycles. The number of hydrogen-bond donors (Lipinski definition) is 1. The highest BCUT2D eigenvalue weighted by Crippen LogP contribution is 2.34. The molecule has 21 heavy (non-hydrogen) atoms. The summed E-state index contributed by atoms with van der Waals surface area (Å²) in [5.74, 6) is -0.167. The first kappa shape index (κ1) is 16.4. The first-order chi connectivity index (χ1) is 9.77. The van der Waals surface area contributed by atoms with E-state index >= 15 is 0 Å². The van der Waals surface area contributed by atoms with E-state index in [9.17, 15) is 4.39 Å². The summed E-state index contributed by atoms with van der Waals surface area (Å²) in [6, 6.07) is 8.35. The molecule has 1 fully saturated rings. The Morgan fingerprint density at radius 3 is 2.38 bits per heavy atom. The SMILES string of the molecule is CC1CC(NC(c2ccc(F)cc2)C(C)(C)C)CCN1C. The number of piperidine rings is 1. The monoisotopic (exact) mass is 292 g/mol. The van der Waals surface area contributed by atoms with Crippen molar-refractivity contribution in [1.82, 2.24) is 10.2 Å². The topological polar surface area (TPSA) is 15.3 Å². The van der Waals surface area contributed by atoms with Gasteiger partial charge >= 0.3 is 0 Å². The molecule has 0 saturated carbocycles. The van der Waals surface area contributed by atoms with Crippen molar-refractivity contribution in [3.63, 3.8) is 0 Å². The van der Waals surface area contributed by atoms with Crippen molar-refractivity contribution in [1.29, 1.82) is 0 Å². The molecule has 3 heteroatoms.